The molecule has 1 aromatic heterocycles. The van der Waals surface area contributed by atoms with Crippen LogP contribution in [0, 0.1) is 0 Å². The van der Waals surface area contributed by atoms with Crippen molar-refractivity contribution < 1.29 is 4.74 Å². The SMILES string of the molecule is NC(c1cccc2ccncc12)C1COc2ccccc21. The van der Waals surface area contributed by atoms with Gasteiger partial charge in [0.05, 0.1) is 6.61 Å². The lowest BCUT2D eigenvalue weighted by atomic mass is 9.87. The van der Waals surface area contributed by atoms with E-state index in [9.17, 15) is 0 Å². The Morgan fingerprint density at radius 3 is 2.95 bits per heavy atom. The van der Waals surface area contributed by atoms with Gasteiger partial charge in [-0.15, -0.1) is 0 Å². The molecular formula is C18H16N2O. The van der Waals surface area contributed by atoms with Gasteiger partial charge in [0.25, 0.3) is 0 Å². The van der Waals surface area contributed by atoms with Gasteiger partial charge in [0.2, 0.25) is 0 Å². The Kier molecular flexibility index (Phi) is 2.86. The smallest absolute Gasteiger partial charge is 0.122 e. The molecule has 1 aliphatic rings. The third kappa shape index (κ3) is 1.98. The van der Waals surface area contributed by atoms with Gasteiger partial charge in [-0.25, -0.2) is 0 Å². The van der Waals surface area contributed by atoms with Gasteiger partial charge in [0.15, 0.2) is 0 Å². The van der Waals surface area contributed by atoms with E-state index in [0.717, 1.165) is 16.7 Å². The number of para-hydroxylation sites is 1. The highest BCUT2D eigenvalue weighted by Crippen LogP contribution is 2.41. The standard InChI is InChI=1S/C18H16N2O/c19-18(16-11-21-17-7-2-1-5-13(16)17)14-6-3-4-12-8-9-20-10-15(12)14/h1-10,16,18H,11,19H2. The molecule has 4 rings (SSSR count). The van der Waals surface area contributed by atoms with Crippen LogP contribution >= 0.6 is 0 Å². The summed E-state index contributed by atoms with van der Waals surface area (Å²) in [5, 5.41) is 2.29. The third-order valence-corrected chi connectivity index (χ3v) is 4.25. The fourth-order valence-corrected chi connectivity index (χ4v) is 3.13. The van der Waals surface area contributed by atoms with Crippen molar-refractivity contribution in [3.8, 4) is 5.75 Å². The molecule has 104 valence electrons. The highest BCUT2D eigenvalue weighted by Gasteiger charge is 2.30. The van der Waals surface area contributed by atoms with Gasteiger partial charge in [-0.2, -0.15) is 0 Å². The molecule has 0 fully saturated rings. The maximum absolute atomic E-state index is 6.57. The van der Waals surface area contributed by atoms with E-state index in [1.807, 2.05) is 36.7 Å². The average Bonchev–Trinajstić information content (AvgIpc) is 2.98. The van der Waals surface area contributed by atoms with E-state index in [-0.39, 0.29) is 12.0 Å². The Balaban J connectivity index is 1.80. The molecule has 2 aromatic carbocycles. The predicted octanol–water partition coefficient (Wildman–Crippen LogP) is 3.41. The van der Waals surface area contributed by atoms with E-state index in [1.165, 1.54) is 10.9 Å². The van der Waals surface area contributed by atoms with Gasteiger partial charge in [0.1, 0.15) is 5.75 Å². The number of nitrogens with zero attached hydrogens (tertiary/aromatic N) is 1. The van der Waals surface area contributed by atoms with Crippen molar-refractivity contribution in [3.63, 3.8) is 0 Å². The van der Waals surface area contributed by atoms with Gasteiger partial charge in [-0.05, 0) is 23.1 Å². The number of fused-ring (bicyclic) bond motifs is 2. The number of ether oxygens (including phenoxy) is 1. The van der Waals surface area contributed by atoms with Crippen LogP contribution in [-0.4, -0.2) is 11.6 Å². The zero-order chi connectivity index (χ0) is 14.2. The Morgan fingerprint density at radius 2 is 2.00 bits per heavy atom. The molecule has 0 amide bonds. The van der Waals surface area contributed by atoms with Crippen LogP contribution in [0.3, 0.4) is 0 Å². The van der Waals surface area contributed by atoms with E-state index >= 15 is 0 Å². The second kappa shape index (κ2) is 4.86. The molecule has 3 heteroatoms. The Morgan fingerprint density at radius 1 is 1.10 bits per heavy atom. The molecule has 0 saturated heterocycles. The molecule has 2 heterocycles. The van der Waals surface area contributed by atoms with Gasteiger partial charge >= 0.3 is 0 Å². The van der Waals surface area contributed by atoms with E-state index in [0.29, 0.717) is 6.61 Å². The van der Waals surface area contributed by atoms with E-state index < -0.39 is 0 Å². The van der Waals surface area contributed by atoms with Gasteiger partial charge < -0.3 is 10.5 Å². The molecule has 0 aliphatic carbocycles. The molecule has 21 heavy (non-hydrogen) atoms. The second-order valence-electron chi connectivity index (χ2n) is 5.43. The lowest BCUT2D eigenvalue weighted by molar-refractivity contribution is 0.315. The van der Waals surface area contributed by atoms with Crippen LogP contribution < -0.4 is 10.5 Å². The maximum atomic E-state index is 6.57. The lowest BCUT2D eigenvalue weighted by Gasteiger charge is -2.20. The zero-order valence-electron chi connectivity index (χ0n) is 11.6. The van der Waals surface area contributed by atoms with E-state index in [4.69, 9.17) is 10.5 Å². The van der Waals surface area contributed by atoms with Crippen LogP contribution in [0.2, 0.25) is 0 Å². The summed E-state index contributed by atoms with van der Waals surface area (Å²) in [4.78, 5) is 4.24. The molecule has 3 nitrogen and oxygen atoms in total. The normalized spacial score (nSPS) is 18.2. The minimum atomic E-state index is -0.0958. The molecule has 0 radical (unpaired) electrons. The molecule has 0 saturated carbocycles. The summed E-state index contributed by atoms with van der Waals surface area (Å²) < 4.78 is 5.77. The highest BCUT2D eigenvalue weighted by molar-refractivity contribution is 5.85. The van der Waals surface area contributed by atoms with Crippen molar-refractivity contribution in [1.82, 2.24) is 4.98 Å². The molecule has 2 atom stereocenters. The summed E-state index contributed by atoms with van der Waals surface area (Å²) in [7, 11) is 0. The fourth-order valence-electron chi connectivity index (χ4n) is 3.13. The molecule has 2 N–H and O–H groups in total. The first-order valence-corrected chi connectivity index (χ1v) is 7.14. The summed E-state index contributed by atoms with van der Waals surface area (Å²) in [6.07, 6.45) is 3.71. The molecular weight excluding hydrogens is 260 g/mol. The Hall–Kier alpha value is -2.39. The van der Waals surface area contributed by atoms with Gasteiger partial charge in [0, 0.05) is 35.3 Å². The molecule has 2 unspecified atom stereocenters. The van der Waals surface area contributed by atoms with Crippen molar-refractivity contribution >= 4 is 10.8 Å². The minimum absolute atomic E-state index is 0.0958. The summed E-state index contributed by atoms with van der Waals surface area (Å²) in [5.74, 6) is 1.14. The average molecular weight is 276 g/mol. The van der Waals surface area contributed by atoms with Crippen LogP contribution in [0.4, 0.5) is 0 Å². The second-order valence-corrected chi connectivity index (χ2v) is 5.43. The summed E-state index contributed by atoms with van der Waals surface area (Å²) in [5.41, 5.74) is 8.90. The number of pyridine rings is 1. The topological polar surface area (TPSA) is 48.1 Å². The van der Waals surface area contributed by atoms with Crippen molar-refractivity contribution in [2.45, 2.75) is 12.0 Å². The van der Waals surface area contributed by atoms with Crippen molar-refractivity contribution in [2.24, 2.45) is 5.73 Å². The largest absolute Gasteiger partial charge is 0.493 e. The summed E-state index contributed by atoms with van der Waals surface area (Å²) in [6.45, 7) is 0.636. The zero-order valence-corrected chi connectivity index (χ0v) is 11.6. The lowest BCUT2D eigenvalue weighted by Crippen LogP contribution is -2.21. The summed E-state index contributed by atoms with van der Waals surface area (Å²) >= 11 is 0. The molecule has 1 aliphatic heterocycles. The highest BCUT2D eigenvalue weighted by atomic mass is 16.5. The number of benzene rings is 2. The molecule has 0 bridgehead atoms. The first-order chi connectivity index (χ1) is 10.3. The molecule has 3 aromatic rings. The number of rotatable bonds is 2. The van der Waals surface area contributed by atoms with Gasteiger partial charge in [-0.3, -0.25) is 4.98 Å². The number of hydrogen-bond donors (Lipinski definition) is 1. The fraction of sp³-hybridized carbons (Fsp3) is 0.167. The quantitative estimate of drug-likeness (QED) is 0.780. The van der Waals surface area contributed by atoms with Crippen molar-refractivity contribution in [3.05, 3.63) is 72.1 Å². The number of aromatic nitrogens is 1. The van der Waals surface area contributed by atoms with E-state index in [2.05, 4.69) is 29.2 Å². The van der Waals surface area contributed by atoms with Gasteiger partial charge in [-0.1, -0.05) is 36.4 Å². The number of hydrogen-bond acceptors (Lipinski definition) is 3. The predicted molar refractivity (Wildman–Crippen MR) is 83.3 cm³/mol. The summed E-state index contributed by atoms with van der Waals surface area (Å²) in [6, 6.07) is 16.3. The van der Waals surface area contributed by atoms with Crippen molar-refractivity contribution in [2.75, 3.05) is 6.61 Å². The minimum Gasteiger partial charge on any atom is -0.493 e. The maximum Gasteiger partial charge on any atom is 0.122 e. The third-order valence-electron chi connectivity index (χ3n) is 4.25. The Bertz CT molecular complexity index is 795. The van der Waals surface area contributed by atoms with Crippen LogP contribution in [0.25, 0.3) is 10.8 Å². The monoisotopic (exact) mass is 276 g/mol. The molecule has 0 spiro atoms. The van der Waals surface area contributed by atoms with E-state index in [1.54, 1.807) is 0 Å². The number of nitrogens with two attached hydrogens (primary N) is 1. The van der Waals surface area contributed by atoms with Crippen LogP contribution in [0.1, 0.15) is 23.1 Å². The van der Waals surface area contributed by atoms with Crippen LogP contribution in [-0.2, 0) is 0 Å². The first-order valence-electron chi connectivity index (χ1n) is 7.14. The first kappa shape index (κ1) is 12.4. The van der Waals surface area contributed by atoms with Crippen LogP contribution in [0.15, 0.2) is 60.9 Å². The Labute approximate surface area is 123 Å². The van der Waals surface area contributed by atoms with Crippen molar-refractivity contribution in [1.29, 1.82) is 0 Å². The van der Waals surface area contributed by atoms with Crippen LogP contribution in [0.5, 0.6) is 5.75 Å².